The van der Waals surface area contributed by atoms with Gasteiger partial charge in [0, 0.05) is 13.0 Å². The van der Waals surface area contributed by atoms with Gasteiger partial charge in [0.25, 0.3) is 0 Å². The van der Waals surface area contributed by atoms with Gasteiger partial charge in [-0.15, -0.1) is 0 Å². The zero-order valence-electron chi connectivity index (χ0n) is 34.1. The van der Waals surface area contributed by atoms with E-state index in [-0.39, 0.29) is 32.3 Å². The number of carbonyl (C=O) groups is 1. The Balaban J connectivity index is 4.06. The molecule has 0 aromatic heterocycles. The Morgan fingerprint density at radius 2 is 0.981 bits per heavy atom. The Kier molecular flexibility index (Phi) is 40.1. The molecule has 0 saturated carbocycles. The third-order valence-corrected chi connectivity index (χ3v) is 10.4. The highest BCUT2D eigenvalue weighted by Gasteiger charge is 2.25. The molecule has 0 heterocycles. The van der Waals surface area contributed by atoms with Crippen molar-refractivity contribution < 1.29 is 32.8 Å². The maximum absolute atomic E-state index is 12.6. The number of hydrogen-bond acceptors (Lipinski definition) is 7. The number of esters is 1. The van der Waals surface area contributed by atoms with Crippen LogP contribution in [0.15, 0.2) is 24.5 Å². The fraction of sp³-hybridized carbons (Fsp3) is 0.884. The summed E-state index contributed by atoms with van der Waals surface area (Å²) in [5.41, 5.74) is 5.36. The number of rotatable bonds is 42. The fourth-order valence-corrected chi connectivity index (χ4v) is 6.96. The van der Waals surface area contributed by atoms with E-state index in [1.54, 1.807) is 6.26 Å². The zero-order chi connectivity index (χ0) is 38.1. The summed E-state index contributed by atoms with van der Waals surface area (Å²) in [6, 6.07) is 0. The first-order chi connectivity index (χ1) is 25.4. The van der Waals surface area contributed by atoms with Crippen LogP contribution in [0, 0.1) is 0 Å². The van der Waals surface area contributed by atoms with Crippen LogP contribution in [0.3, 0.4) is 0 Å². The van der Waals surface area contributed by atoms with Gasteiger partial charge in [0.1, 0.15) is 6.61 Å². The normalized spacial score (nSPS) is 13.6. The molecular weight excluding hydrogens is 673 g/mol. The third-order valence-electron chi connectivity index (χ3n) is 9.44. The number of ether oxygens (including phenoxy) is 2. The van der Waals surface area contributed by atoms with E-state index in [9.17, 15) is 14.3 Å². The summed E-state index contributed by atoms with van der Waals surface area (Å²) in [6.07, 6.45) is 45.7. The van der Waals surface area contributed by atoms with Crippen LogP contribution < -0.4 is 5.73 Å². The maximum atomic E-state index is 12.6. The first-order valence-electron chi connectivity index (χ1n) is 21.9. The van der Waals surface area contributed by atoms with Crippen LogP contribution in [-0.2, 0) is 27.9 Å². The molecule has 3 N–H and O–H groups in total. The summed E-state index contributed by atoms with van der Waals surface area (Å²) in [5.74, 6) is -0.355. The van der Waals surface area contributed by atoms with Crippen LogP contribution in [0.4, 0.5) is 0 Å². The second kappa shape index (κ2) is 41.0. The van der Waals surface area contributed by atoms with E-state index in [0.29, 0.717) is 6.42 Å². The van der Waals surface area contributed by atoms with Gasteiger partial charge in [0.2, 0.25) is 0 Å². The van der Waals surface area contributed by atoms with Crippen LogP contribution in [0.2, 0.25) is 0 Å². The van der Waals surface area contributed by atoms with E-state index >= 15 is 0 Å². The second-order valence-electron chi connectivity index (χ2n) is 14.6. The van der Waals surface area contributed by atoms with Crippen LogP contribution in [-0.4, -0.2) is 43.3 Å². The van der Waals surface area contributed by atoms with Crippen molar-refractivity contribution in [3.8, 4) is 0 Å². The van der Waals surface area contributed by atoms with Crippen molar-refractivity contribution in [2.24, 2.45) is 5.73 Å². The van der Waals surface area contributed by atoms with Gasteiger partial charge in [0.05, 0.1) is 19.5 Å². The van der Waals surface area contributed by atoms with E-state index < -0.39 is 13.9 Å². The summed E-state index contributed by atoms with van der Waals surface area (Å²) in [6.45, 7) is 4.26. The quantitative estimate of drug-likeness (QED) is 0.0208. The van der Waals surface area contributed by atoms with Gasteiger partial charge in [-0.1, -0.05) is 174 Å². The molecule has 308 valence electrons. The highest BCUT2D eigenvalue weighted by Crippen LogP contribution is 2.43. The molecule has 0 aromatic rings. The van der Waals surface area contributed by atoms with E-state index in [1.165, 1.54) is 161 Å². The van der Waals surface area contributed by atoms with Crippen molar-refractivity contribution in [1.82, 2.24) is 0 Å². The van der Waals surface area contributed by atoms with Gasteiger partial charge in [-0.2, -0.15) is 0 Å². The zero-order valence-corrected chi connectivity index (χ0v) is 35.0. The minimum absolute atomic E-state index is 0.0338. The molecule has 0 spiro atoms. The Hall–Kier alpha value is -1.18. The maximum Gasteiger partial charge on any atom is 0.472 e. The molecule has 9 heteroatoms. The van der Waals surface area contributed by atoms with E-state index in [4.69, 9.17) is 24.3 Å². The molecule has 52 heavy (non-hydrogen) atoms. The number of carbonyl (C=O) groups excluding carboxylic acids is 1. The summed E-state index contributed by atoms with van der Waals surface area (Å²) in [7, 11) is -4.29. The van der Waals surface area contributed by atoms with Crippen molar-refractivity contribution >= 4 is 13.8 Å². The molecule has 0 fully saturated rings. The van der Waals surface area contributed by atoms with Crippen LogP contribution in [0.1, 0.15) is 213 Å². The molecule has 2 unspecified atom stereocenters. The number of allylic oxidation sites excluding steroid dienone is 3. The smallest absolute Gasteiger partial charge is 0.472 e. The lowest BCUT2D eigenvalue weighted by Crippen LogP contribution is -2.27. The van der Waals surface area contributed by atoms with Crippen LogP contribution >= 0.6 is 7.82 Å². The van der Waals surface area contributed by atoms with Crippen molar-refractivity contribution in [3.05, 3.63) is 24.5 Å². The number of phosphoric ester groups is 1. The van der Waals surface area contributed by atoms with Gasteiger partial charge >= 0.3 is 13.8 Å². The Morgan fingerprint density at radius 1 is 0.577 bits per heavy atom. The SMILES string of the molecule is CCCCCCCCC=CCCCCCCCCCC(=O)OC(COC=CCCCCCCCCCCCCCCCC)COP(=O)(O)OCCN. The lowest BCUT2D eigenvalue weighted by molar-refractivity contribution is -0.153. The van der Waals surface area contributed by atoms with Crippen molar-refractivity contribution in [3.63, 3.8) is 0 Å². The van der Waals surface area contributed by atoms with Crippen LogP contribution in [0.25, 0.3) is 0 Å². The molecule has 0 radical (unpaired) electrons. The summed E-state index contributed by atoms with van der Waals surface area (Å²) in [5, 5.41) is 0. The molecular formula is C43H84NO7P. The first kappa shape index (κ1) is 50.8. The number of unbranched alkanes of at least 4 members (excludes halogenated alkanes) is 27. The first-order valence-corrected chi connectivity index (χ1v) is 23.4. The molecule has 2 atom stereocenters. The second-order valence-corrected chi connectivity index (χ2v) is 16.1. The minimum Gasteiger partial charge on any atom is -0.498 e. The standard InChI is InChI=1S/C43H84NO7P/c1-3-5-7-9-11-13-15-17-19-21-22-24-26-28-30-32-34-36-43(45)51-42(41-50-52(46,47)49-39-37-44)40-48-38-35-33-31-29-27-25-23-20-18-16-14-12-10-8-6-4-2/h17,19,35,38,42H,3-16,18,20-34,36-37,39-41,44H2,1-2H3,(H,46,47). The molecule has 0 aliphatic heterocycles. The summed E-state index contributed by atoms with van der Waals surface area (Å²) >= 11 is 0. The average Bonchev–Trinajstić information content (AvgIpc) is 3.13. The molecule has 0 aliphatic carbocycles. The molecule has 0 rings (SSSR count). The van der Waals surface area contributed by atoms with Crippen molar-refractivity contribution in [2.45, 2.75) is 219 Å². The van der Waals surface area contributed by atoms with Gasteiger partial charge in [-0.25, -0.2) is 4.57 Å². The van der Waals surface area contributed by atoms with E-state index in [0.717, 1.165) is 32.1 Å². The molecule has 8 nitrogen and oxygen atoms in total. The van der Waals surface area contributed by atoms with Gasteiger partial charge in [0.15, 0.2) is 6.10 Å². The van der Waals surface area contributed by atoms with Gasteiger partial charge in [-0.3, -0.25) is 13.8 Å². The lowest BCUT2D eigenvalue weighted by atomic mass is 10.0. The van der Waals surface area contributed by atoms with Gasteiger partial charge < -0.3 is 20.1 Å². The minimum atomic E-state index is -4.29. The fourth-order valence-electron chi connectivity index (χ4n) is 6.19. The Bertz CT molecular complexity index is 853. The Labute approximate surface area is 321 Å². The molecule has 0 aromatic carbocycles. The third kappa shape index (κ3) is 40.0. The largest absolute Gasteiger partial charge is 0.498 e. The predicted molar refractivity (Wildman–Crippen MR) is 219 cm³/mol. The molecule has 0 amide bonds. The highest BCUT2D eigenvalue weighted by atomic mass is 31.2. The summed E-state index contributed by atoms with van der Waals surface area (Å²) < 4.78 is 33.2. The molecule has 0 bridgehead atoms. The molecule has 0 aliphatic rings. The monoisotopic (exact) mass is 758 g/mol. The van der Waals surface area contributed by atoms with Crippen molar-refractivity contribution in [2.75, 3.05) is 26.4 Å². The number of hydrogen-bond donors (Lipinski definition) is 2. The Morgan fingerprint density at radius 3 is 1.42 bits per heavy atom. The average molecular weight is 758 g/mol. The topological polar surface area (TPSA) is 117 Å². The highest BCUT2D eigenvalue weighted by molar-refractivity contribution is 7.47. The number of nitrogens with two attached hydrogens (primary N) is 1. The predicted octanol–water partition coefficient (Wildman–Crippen LogP) is 13.2. The van der Waals surface area contributed by atoms with E-state index in [2.05, 4.69) is 26.0 Å². The van der Waals surface area contributed by atoms with Gasteiger partial charge in [-0.05, 0) is 51.0 Å². The lowest BCUT2D eigenvalue weighted by Gasteiger charge is -2.19. The van der Waals surface area contributed by atoms with Crippen LogP contribution in [0.5, 0.6) is 0 Å². The van der Waals surface area contributed by atoms with Crippen molar-refractivity contribution in [1.29, 1.82) is 0 Å². The molecule has 0 saturated heterocycles. The van der Waals surface area contributed by atoms with E-state index in [1.807, 2.05) is 6.08 Å². The summed E-state index contributed by atoms with van der Waals surface area (Å²) in [4.78, 5) is 22.4. The number of phosphoric acid groups is 1.